The van der Waals surface area contributed by atoms with Gasteiger partial charge in [0, 0.05) is 35.7 Å². The molecule has 142 valence electrons. The van der Waals surface area contributed by atoms with Crippen molar-refractivity contribution in [1.29, 1.82) is 0 Å². The lowest BCUT2D eigenvalue weighted by atomic mass is 10.1. The van der Waals surface area contributed by atoms with E-state index in [0.717, 1.165) is 20.9 Å². The molecule has 0 fully saturated rings. The topological polar surface area (TPSA) is 94.2 Å². The number of rotatable bonds is 7. The van der Waals surface area contributed by atoms with Gasteiger partial charge in [0.05, 0.1) is 4.90 Å². The Morgan fingerprint density at radius 3 is 2.56 bits per heavy atom. The van der Waals surface area contributed by atoms with Gasteiger partial charge in [-0.25, -0.2) is 13.6 Å². The van der Waals surface area contributed by atoms with Crippen molar-refractivity contribution in [3.8, 4) is 0 Å². The Balaban J connectivity index is 1.48. The van der Waals surface area contributed by atoms with Gasteiger partial charge in [-0.2, -0.15) is 0 Å². The smallest absolute Gasteiger partial charge is 0.238 e. The van der Waals surface area contributed by atoms with Crippen LogP contribution < -0.4 is 10.5 Å². The highest BCUT2D eigenvalue weighted by molar-refractivity contribution is 9.10. The van der Waals surface area contributed by atoms with E-state index >= 15 is 0 Å². The third-order valence-corrected chi connectivity index (χ3v) is 5.73. The van der Waals surface area contributed by atoms with Gasteiger partial charge in [0.15, 0.2) is 0 Å². The lowest BCUT2D eigenvalue weighted by molar-refractivity contribution is -0.121. The minimum Gasteiger partial charge on any atom is -0.356 e. The number of hydrogen-bond donors (Lipinski definition) is 2. The van der Waals surface area contributed by atoms with Crippen LogP contribution in [0.5, 0.6) is 0 Å². The van der Waals surface area contributed by atoms with Crippen LogP contribution in [0.25, 0.3) is 10.9 Å². The SMILES string of the molecule is NS(=O)(=O)c1ccc(CCNC(=O)CCn2ccc3ccc(Br)cc32)cc1. The minimum absolute atomic E-state index is 0.0204. The summed E-state index contributed by atoms with van der Waals surface area (Å²) in [7, 11) is -3.68. The highest BCUT2D eigenvalue weighted by Crippen LogP contribution is 2.21. The molecule has 0 saturated heterocycles. The van der Waals surface area contributed by atoms with Crippen LogP contribution in [0.3, 0.4) is 0 Å². The molecule has 0 bridgehead atoms. The number of aromatic nitrogens is 1. The van der Waals surface area contributed by atoms with Crippen LogP contribution in [-0.2, 0) is 27.8 Å². The van der Waals surface area contributed by atoms with Gasteiger partial charge in [0.2, 0.25) is 15.9 Å². The molecular formula is C19H20BrN3O3S. The molecule has 0 aliphatic heterocycles. The molecule has 1 aromatic heterocycles. The fourth-order valence-electron chi connectivity index (χ4n) is 2.85. The highest BCUT2D eigenvalue weighted by Gasteiger charge is 2.08. The second-order valence-corrected chi connectivity index (χ2v) is 8.73. The molecule has 0 aliphatic carbocycles. The largest absolute Gasteiger partial charge is 0.356 e. The standard InChI is InChI=1S/C19H20BrN3O3S/c20-16-4-3-15-8-11-23(18(15)13-16)12-9-19(24)22-10-7-14-1-5-17(6-2-14)27(21,25)26/h1-6,8,11,13H,7,9-10,12H2,(H,22,24)(H2,21,25,26). The predicted molar refractivity (Wildman–Crippen MR) is 109 cm³/mol. The number of nitrogens with zero attached hydrogens (tertiary/aromatic N) is 1. The van der Waals surface area contributed by atoms with Gasteiger partial charge in [0.25, 0.3) is 0 Å². The zero-order chi connectivity index (χ0) is 19.4. The maximum absolute atomic E-state index is 12.1. The molecule has 0 spiro atoms. The Morgan fingerprint density at radius 1 is 1.11 bits per heavy atom. The number of carbonyl (C=O) groups is 1. The maximum atomic E-state index is 12.1. The number of nitrogens with two attached hydrogens (primary N) is 1. The highest BCUT2D eigenvalue weighted by atomic mass is 79.9. The van der Waals surface area contributed by atoms with Crippen molar-refractivity contribution in [2.24, 2.45) is 5.14 Å². The summed E-state index contributed by atoms with van der Waals surface area (Å²) >= 11 is 3.47. The number of carbonyl (C=O) groups excluding carboxylic acids is 1. The van der Waals surface area contributed by atoms with E-state index in [1.165, 1.54) is 12.1 Å². The first-order valence-corrected chi connectivity index (χ1v) is 10.8. The summed E-state index contributed by atoms with van der Waals surface area (Å²) in [5.74, 6) is -0.0204. The summed E-state index contributed by atoms with van der Waals surface area (Å²) in [6, 6.07) is 14.5. The molecule has 8 heteroatoms. The molecule has 0 atom stereocenters. The first-order valence-electron chi connectivity index (χ1n) is 8.46. The van der Waals surface area contributed by atoms with E-state index in [9.17, 15) is 13.2 Å². The van der Waals surface area contributed by atoms with Gasteiger partial charge in [-0.1, -0.05) is 34.1 Å². The Hall–Kier alpha value is -2.16. The van der Waals surface area contributed by atoms with E-state index in [2.05, 4.69) is 25.8 Å². The van der Waals surface area contributed by atoms with Crippen molar-refractivity contribution in [3.05, 3.63) is 64.8 Å². The number of nitrogens with one attached hydrogen (secondary N) is 1. The summed E-state index contributed by atoms with van der Waals surface area (Å²) in [5.41, 5.74) is 2.02. The lowest BCUT2D eigenvalue weighted by Crippen LogP contribution is -2.26. The van der Waals surface area contributed by atoms with Crippen molar-refractivity contribution in [1.82, 2.24) is 9.88 Å². The summed E-state index contributed by atoms with van der Waals surface area (Å²) < 4.78 is 25.5. The van der Waals surface area contributed by atoms with Gasteiger partial charge in [0.1, 0.15) is 0 Å². The Kier molecular flexibility index (Phi) is 5.98. The molecule has 1 amide bonds. The molecule has 3 rings (SSSR count). The number of benzene rings is 2. The number of aryl methyl sites for hydroxylation is 1. The molecule has 0 saturated carbocycles. The molecule has 6 nitrogen and oxygen atoms in total. The number of fused-ring (bicyclic) bond motifs is 1. The average Bonchev–Trinajstić information content (AvgIpc) is 3.02. The summed E-state index contributed by atoms with van der Waals surface area (Å²) in [4.78, 5) is 12.2. The van der Waals surface area contributed by atoms with E-state index < -0.39 is 10.0 Å². The van der Waals surface area contributed by atoms with Crippen molar-refractivity contribution < 1.29 is 13.2 Å². The molecule has 2 aromatic carbocycles. The quantitative estimate of drug-likeness (QED) is 0.580. The lowest BCUT2D eigenvalue weighted by Gasteiger charge is -2.08. The number of halogens is 1. The molecule has 3 aromatic rings. The van der Waals surface area contributed by atoms with Crippen LogP contribution >= 0.6 is 15.9 Å². The normalized spacial score (nSPS) is 11.6. The summed E-state index contributed by atoms with van der Waals surface area (Å²) in [6.45, 7) is 1.10. The van der Waals surface area contributed by atoms with Crippen LogP contribution in [0.15, 0.2) is 64.1 Å². The molecule has 27 heavy (non-hydrogen) atoms. The maximum Gasteiger partial charge on any atom is 0.238 e. The zero-order valence-electron chi connectivity index (χ0n) is 14.6. The van der Waals surface area contributed by atoms with E-state index in [1.807, 2.05) is 30.5 Å². The van der Waals surface area contributed by atoms with Crippen molar-refractivity contribution >= 4 is 42.8 Å². The van der Waals surface area contributed by atoms with Crippen molar-refractivity contribution in [3.63, 3.8) is 0 Å². The second-order valence-electron chi connectivity index (χ2n) is 6.25. The van der Waals surface area contributed by atoms with Crippen LogP contribution in [0.4, 0.5) is 0 Å². The molecule has 0 unspecified atom stereocenters. The van der Waals surface area contributed by atoms with Crippen LogP contribution in [0.1, 0.15) is 12.0 Å². The van der Waals surface area contributed by atoms with Gasteiger partial charge in [-0.05, 0) is 47.7 Å². The van der Waals surface area contributed by atoms with E-state index in [-0.39, 0.29) is 10.8 Å². The molecule has 1 heterocycles. The van der Waals surface area contributed by atoms with Gasteiger partial charge in [-0.3, -0.25) is 4.79 Å². The van der Waals surface area contributed by atoms with Gasteiger partial charge in [-0.15, -0.1) is 0 Å². The van der Waals surface area contributed by atoms with Gasteiger partial charge < -0.3 is 9.88 Å². The van der Waals surface area contributed by atoms with E-state index in [4.69, 9.17) is 5.14 Å². The Labute approximate surface area is 166 Å². The van der Waals surface area contributed by atoms with E-state index in [1.54, 1.807) is 12.1 Å². The fourth-order valence-corrected chi connectivity index (χ4v) is 3.72. The molecular weight excluding hydrogens is 430 g/mol. The number of primary sulfonamides is 1. The first-order chi connectivity index (χ1) is 12.8. The summed E-state index contributed by atoms with van der Waals surface area (Å²) in [6.07, 6.45) is 2.99. The minimum atomic E-state index is -3.68. The summed E-state index contributed by atoms with van der Waals surface area (Å²) in [5, 5.41) is 9.11. The van der Waals surface area contributed by atoms with Gasteiger partial charge >= 0.3 is 0 Å². The molecule has 0 aliphatic rings. The second kappa shape index (κ2) is 8.24. The fraction of sp³-hybridized carbons (Fsp3) is 0.211. The van der Waals surface area contributed by atoms with E-state index in [0.29, 0.717) is 25.9 Å². The Morgan fingerprint density at radius 2 is 1.85 bits per heavy atom. The van der Waals surface area contributed by atoms with Crippen LogP contribution in [0.2, 0.25) is 0 Å². The predicted octanol–water partition coefficient (Wildman–Crippen LogP) is 2.80. The molecule has 0 radical (unpaired) electrons. The zero-order valence-corrected chi connectivity index (χ0v) is 17.0. The number of sulfonamides is 1. The number of amides is 1. The Bertz CT molecular complexity index is 1060. The van der Waals surface area contributed by atoms with Crippen molar-refractivity contribution in [2.75, 3.05) is 6.54 Å². The van der Waals surface area contributed by atoms with Crippen molar-refractivity contribution in [2.45, 2.75) is 24.3 Å². The number of hydrogen-bond acceptors (Lipinski definition) is 3. The third-order valence-electron chi connectivity index (χ3n) is 4.30. The van der Waals surface area contributed by atoms with Crippen LogP contribution in [0, 0.1) is 0 Å². The third kappa shape index (κ3) is 5.18. The monoisotopic (exact) mass is 449 g/mol. The average molecular weight is 450 g/mol. The molecule has 3 N–H and O–H groups in total. The first kappa shape index (κ1) is 19.6. The van der Waals surface area contributed by atoms with Crippen LogP contribution in [-0.4, -0.2) is 25.4 Å².